The number of carboxylic acid groups (broad SMARTS) is 1. The predicted molar refractivity (Wildman–Crippen MR) is 79.7 cm³/mol. The van der Waals surface area contributed by atoms with Crippen molar-refractivity contribution in [2.45, 2.75) is 37.6 Å². The molecule has 0 amide bonds. The smallest absolute Gasteiger partial charge is 0.330 e. The number of benzene rings is 1. The highest BCUT2D eigenvalue weighted by molar-refractivity contribution is 7.76. The minimum atomic E-state index is -2.62. The minimum absolute atomic E-state index is 0.343. The molecule has 0 aliphatic heterocycles. The fourth-order valence-corrected chi connectivity index (χ4v) is 3.42. The molecule has 1 atom stereocenters. The summed E-state index contributed by atoms with van der Waals surface area (Å²) in [7, 11) is 0. The van der Waals surface area contributed by atoms with E-state index in [0.717, 1.165) is 29.1 Å². The van der Waals surface area contributed by atoms with E-state index in [-0.39, 0.29) is 0 Å². The van der Waals surface area contributed by atoms with Crippen molar-refractivity contribution in [2.24, 2.45) is 0 Å². The Bertz CT molecular complexity index is 538. The Morgan fingerprint density at radius 1 is 1.24 bits per heavy atom. The highest BCUT2D eigenvalue weighted by Crippen LogP contribution is 2.35. The lowest BCUT2D eigenvalue weighted by atomic mass is 9.82. The molecule has 1 fully saturated rings. The molecule has 1 aliphatic rings. The molecule has 0 aromatic heterocycles. The third-order valence-electron chi connectivity index (χ3n) is 3.86. The second-order valence-electron chi connectivity index (χ2n) is 5.17. The summed E-state index contributed by atoms with van der Waals surface area (Å²) in [5, 5.41) is 9.56. The van der Waals surface area contributed by atoms with Crippen molar-refractivity contribution in [3.05, 3.63) is 42.1 Å². The summed E-state index contributed by atoms with van der Waals surface area (Å²) in [6, 6.07) is 9.20. The van der Waals surface area contributed by atoms with Crippen LogP contribution in [0.2, 0.25) is 0 Å². The van der Waals surface area contributed by atoms with Crippen molar-refractivity contribution in [2.75, 3.05) is 0 Å². The van der Waals surface area contributed by atoms with E-state index in [4.69, 9.17) is 0 Å². The molecule has 1 N–H and O–H groups in total. The Morgan fingerprint density at radius 3 is 2.38 bits per heavy atom. The molecule has 2 rings (SSSR count). The molecule has 0 bridgehead atoms. The molecule has 1 aromatic rings. The summed E-state index contributed by atoms with van der Waals surface area (Å²) in [4.78, 5) is 11.7. The maximum atomic E-state index is 11.7. The van der Waals surface area contributed by atoms with Gasteiger partial charge in [0, 0.05) is 17.5 Å². The number of aliphatic carboxylic acids is 1. The predicted octanol–water partition coefficient (Wildman–Crippen LogP) is 2.54. The van der Waals surface area contributed by atoms with Gasteiger partial charge in [-0.25, -0.2) is 4.79 Å². The highest BCUT2D eigenvalue weighted by Gasteiger charge is 2.44. The van der Waals surface area contributed by atoms with Gasteiger partial charge in [0.2, 0.25) is 0 Å². The zero-order valence-corrected chi connectivity index (χ0v) is 12.4. The fraction of sp³-hybridized carbons (Fsp3) is 0.400. The van der Waals surface area contributed by atoms with Gasteiger partial charge in [0.25, 0.3) is 0 Å². The van der Waals surface area contributed by atoms with Crippen LogP contribution in [0.3, 0.4) is 0 Å². The van der Waals surface area contributed by atoms with Crippen molar-refractivity contribution < 1.29 is 18.7 Å². The number of rotatable bonds is 5. The van der Waals surface area contributed by atoms with Crippen LogP contribution < -0.4 is 0 Å². The summed E-state index contributed by atoms with van der Waals surface area (Å²) >= 11 is -2.62. The molecule has 1 aliphatic carbocycles. The van der Waals surface area contributed by atoms with Crippen molar-refractivity contribution in [1.29, 1.82) is 0 Å². The summed E-state index contributed by atoms with van der Waals surface area (Å²) in [6.07, 6.45) is 6.05. The average molecular weight is 308 g/mol. The van der Waals surface area contributed by atoms with Crippen molar-refractivity contribution >= 4 is 23.3 Å². The van der Waals surface area contributed by atoms with Gasteiger partial charge in [0.05, 0.1) is 0 Å². The van der Waals surface area contributed by atoms with Crippen LogP contribution in [0.1, 0.15) is 37.7 Å². The van der Waals surface area contributed by atoms with Crippen LogP contribution in [0, 0.1) is 0 Å². The first-order valence-electron chi connectivity index (χ1n) is 6.92. The lowest BCUT2D eigenvalue weighted by Gasteiger charge is -2.42. The molecule has 1 unspecified atom stereocenters. The van der Waals surface area contributed by atoms with E-state index in [1.807, 2.05) is 30.3 Å². The summed E-state index contributed by atoms with van der Waals surface area (Å²) in [5.41, 5.74) is -0.528. The number of hydrogen-bond donors (Lipinski definition) is 1. The van der Waals surface area contributed by atoms with Crippen LogP contribution in [-0.4, -0.2) is 29.7 Å². The normalized spacial score (nSPS) is 19.3. The van der Waals surface area contributed by atoms with E-state index in [2.05, 4.69) is 0 Å². The summed E-state index contributed by atoms with van der Waals surface area (Å²) in [6.45, 7) is 0. The third kappa shape index (κ3) is 3.51. The molecule has 0 radical (unpaired) electrons. The molecule has 114 valence electrons. The van der Waals surface area contributed by atoms with Gasteiger partial charge in [0.15, 0.2) is 0 Å². The van der Waals surface area contributed by atoms with Crippen molar-refractivity contribution in [1.82, 2.24) is 4.31 Å². The van der Waals surface area contributed by atoms with Crippen molar-refractivity contribution in [3.63, 3.8) is 0 Å². The first-order valence-corrected chi connectivity index (χ1v) is 7.95. The van der Waals surface area contributed by atoms with E-state index in [0.29, 0.717) is 12.8 Å². The fourth-order valence-electron chi connectivity index (χ4n) is 2.72. The number of carbonyl (C=O) groups is 1. The summed E-state index contributed by atoms with van der Waals surface area (Å²) < 4.78 is 24.0. The van der Waals surface area contributed by atoms with Crippen LogP contribution in [0.4, 0.5) is 0 Å². The van der Waals surface area contributed by atoms with Gasteiger partial charge in [-0.15, -0.1) is 0 Å². The van der Waals surface area contributed by atoms with Gasteiger partial charge >= 0.3 is 5.97 Å². The van der Waals surface area contributed by atoms with E-state index < -0.39 is 22.8 Å². The standard InChI is InChI=1S/C15H19NO4S/c17-14(18)15(10-5-2-6-11-15)16(21(19)20)12-9-13-7-3-1-4-8-13/h1,3-4,7-9,12H,2,5-6,10-11H2,(H,17,18)(H,19,20)/p-1. The maximum absolute atomic E-state index is 11.7. The molecule has 0 saturated heterocycles. The van der Waals surface area contributed by atoms with Gasteiger partial charge < -0.3 is 9.66 Å². The van der Waals surface area contributed by atoms with E-state index in [1.54, 1.807) is 6.08 Å². The largest absolute Gasteiger partial charge is 0.755 e. The topological polar surface area (TPSA) is 80.7 Å². The quantitative estimate of drug-likeness (QED) is 0.848. The molecule has 1 saturated carbocycles. The Kier molecular flexibility index (Phi) is 5.14. The first-order chi connectivity index (χ1) is 10.1. The minimum Gasteiger partial charge on any atom is -0.755 e. The first kappa shape index (κ1) is 15.7. The van der Waals surface area contributed by atoms with E-state index in [1.165, 1.54) is 6.20 Å². The van der Waals surface area contributed by atoms with E-state index >= 15 is 0 Å². The molecular formula is C15H18NO4S-. The zero-order chi connectivity index (χ0) is 15.3. The molecular weight excluding hydrogens is 290 g/mol. The summed E-state index contributed by atoms with van der Waals surface area (Å²) in [5.74, 6) is -1.08. The molecule has 0 heterocycles. The lowest BCUT2D eigenvalue weighted by Crippen LogP contribution is -2.54. The number of hydrogen-bond acceptors (Lipinski definition) is 3. The van der Waals surface area contributed by atoms with Gasteiger partial charge in [-0.3, -0.25) is 8.51 Å². The highest BCUT2D eigenvalue weighted by atomic mass is 32.2. The molecule has 5 nitrogen and oxygen atoms in total. The average Bonchev–Trinajstić information content (AvgIpc) is 2.49. The Labute approximate surface area is 126 Å². The Balaban J connectivity index is 2.30. The van der Waals surface area contributed by atoms with Gasteiger partial charge in [-0.05, 0) is 24.5 Å². The second kappa shape index (κ2) is 6.87. The number of nitrogens with zero attached hydrogens (tertiary/aromatic N) is 1. The Morgan fingerprint density at radius 2 is 1.86 bits per heavy atom. The Hall–Kier alpha value is -1.66. The molecule has 21 heavy (non-hydrogen) atoms. The monoisotopic (exact) mass is 308 g/mol. The zero-order valence-electron chi connectivity index (χ0n) is 11.6. The third-order valence-corrected chi connectivity index (χ3v) is 4.66. The second-order valence-corrected chi connectivity index (χ2v) is 5.99. The van der Waals surface area contributed by atoms with Gasteiger partial charge in [-0.2, -0.15) is 0 Å². The van der Waals surface area contributed by atoms with Crippen LogP contribution in [0.25, 0.3) is 6.08 Å². The van der Waals surface area contributed by atoms with Crippen LogP contribution in [-0.2, 0) is 16.1 Å². The molecule has 6 heteroatoms. The molecule has 1 aromatic carbocycles. The van der Waals surface area contributed by atoms with Crippen molar-refractivity contribution in [3.8, 4) is 0 Å². The maximum Gasteiger partial charge on any atom is 0.330 e. The van der Waals surface area contributed by atoms with Crippen LogP contribution >= 0.6 is 0 Å². The lowest BCUT2D eigenvalue weighted by molar-refractivity contribution is -0.149. The van der Waals surface area contributed by atoms with Crippen LogP contribution in [0.5, 0.6) is 0 Å². The molecule has 0 spiro atoms. The van der Waals surface area contributed by atoms with Gasteiger partial charge in [-0.1, -0.05) is 49.6 Å². The van der Waals surface area contributed by atoms with Gasteiger partial charge in [0.1, 0.15) is 5.54 Å². The number of carboxylic acids is 1. The SMILES string of the molecule is O=C(O)C1(N(C=Cc2ccccc2)S(=O)[O-])CCCCC1. The van der Waals surface area contributed by atoms with Crippen LogP contribution in [0.15, 0.2) is 36.5 Å². The van der Waals surface area contributed by atoms with E-state index in [9.17, 15) is 18.7 Å².